The van der Waals surface area contributed by atoms with Crippen LogP contribution in [0.25, 0.3) is 0 Å². The quantitative estimate of drug-likeness (QED) is 0.792. The van der Waals surface area contributed by atoms with Crippen molar-refractivity contribution in [3.05, 3.63) is 28.2 Å². The van der Waals surface area contributed by atoms with Crippen molar-refractivity contribution < 1.29 is 18.3 Å². The SMILES string of the molecule is N#Cc1cc(Br)ccc1OC1CCN(C=O)CC1(F)F. The second-order valence-corrected chi connectivity index (χ2v) is 5.40. The molecule has 1 saturated heterocycles. The van der Waals surface area contributed by atoms with Gasteiger partial charge >= 0.3 is 5.92 Å². The van der Waals surface area contributed by atoms with Crippen LogP contribution < -0.4 is 4.74 Å². The average Bonchev–Trinajstić information content (AvgIpc) is 2.42. The van der Waals surface area contributed by atoms with Gasteiger partial charge in [-0.3, -0.25) is 4.79 Å². The Kier molecular flexibility index (Phi) is 4.23. The Morgan fingerprint density at radius 3 is 2.90 bits per heavy atom. The normalized spacial score (nSPS) is 21.1. The van der Waals surface area contributed by atoms with Crippen LogP contribution in [0.15, 0.2) is 22.7 Å². The first kappa shape index (κ1) is 14.7. The van der Waals surface area contributed by atoms with Gasteiger partial charge in [0.05, 0.1) is 12.1 Å². The van der Waals surface area contributed by atoms with E-state index in [9.17, 15) is 13.6 Å². The van der Waals surface area contributed by atoms with Crippen molar-refractivity contribution in [2.45, 2.75) is 18.4 Å². The maximum absolute atomic E-state index is 13.9. The second-order valence-electron chi connectivity index (χ2n) is 4.48. The molecule has 1 heterocycles. The number of carbonyl (C=O) groups excluding carboxylic acids is 1. The number of likely N-dealkylation sites (tertiary alicyclic amines) is 1. The summed E-state index contributed by atoms with van der Waals surface area (Å²) in [7, 11) is 0. The highest BCUT2D eigenvalue weighted by Gasteiger charge is 2.46. The van der Waals surface area contributed by atoms with Gasteiger partial charge in [0.1, 0.15) is 11.8 Å². The average molecular weight is 345 g/mol. The van der Waals surface area contributed by atoms with Crippen LogP contribution in [0.4, 0.5) is 8.78 Å². The molecule has 7 heteroatoms. The molecule has 106 valence electrons. The Morgan fingerprint density at radius 1 is 1.55 bits per heavy atom. The van der Waals surface area contributed by atoms with Crippen molar-refractivity contribution in [2.75, 3.05) is 13.1 Å². The van der Waals surface area contributed by atoms with Crippen LogP contribution >= 0.6 is 15.9 Å². The molecule has 1 aromatic rings. The Balaban J connectivity index is 2.18. The summed E-state index contributed by atoms with van der Waals surface area (Å²) in [5.74, 6) is -3.01. The lowest BCUT2D eigenvalue weighted by molar-refractivity contribution is -0.151. The van der Waals surface area contributed by atoms with Gasteiger partial charge in [0, 0.05) is 17.4 Å². The van der Waals surface area contributed by atoms with E-state index >= 15 is 0 Å². The highest BCUT2D eigenvalue weighted by molar-refractivity contribution is 9.10. The number of nitriles is 1. The van der Waals surface area contributed by atoms with Crippen molar-refractivity contribution in [2.24, 2.45) is 0 Å². The van der Waals surface area contributed by atoms with E-state index in [0.29, 0.717) is 10.9 Å². The molecule has 0 N–H and O–H groups in total. The third-order valence-electron chi connectivity index (χ3n) is 3.04. The van der Waals surface area contributed by atoms with Gasteiger partial charge in [-0.05, 0) is 18.2 Å². The van der Waals surface area contributed by atoms with Gasteiger partial charge in [-0.15, -0.1) is 0 Å². The summed E-state index contributed by atoms with van der Waals surface area (Å²) >= 11 is 3.20. The lowest BCUT2D eigenvalue weighted by Gasteiger charge is -2.36. The molecule has 1 aliphatic heterocycles. The summed E-state index contributed by atoms with van der Waals surface area (Å²) < 4.78 is 33.8. The molecule has 2 rings (SSSR count). The summed E-state index contributed by atoms with van der Waals surface area (Å²) in [6, 6.07) is 6.51. The van der Waals surface area contributed by atoms with Gasteiger partial charge in [0.15, 0.2) is 6.10 Å². The van der Waals surface area contributed by atoms with Crippen LogP contribution in [0.1, 0.15) is 12.0 Å². The number of hydrogen-bond donors (Lipinski definition) is 0. The van der Waals surface area contributed by atoms with Crippen molar-refractivity contribution in [3.63, 3.8) is 0 Å². The van der Waals surface area contributed by atoms with Crippen molar-refractivity contribution in [3.8, 4) is 11.8 Å². The second kappa shape index (κ2) is 5.75. The smallest absolute Gasteiger partial charge is 0.301 e. The molecule has 0 saturated carbocycles. The highest BCUT2D eigenvalue weighted by Crippen LogP contribution is 2.32. The summed E-state index contributed by atoms with van der Waals surface area (Å²) in [5.41, 5.74) is 0.188. The zero-order valence-corrected chi connectivity index (χ0v) is 11.9. The van der Waals surface area contributed by atoms with E-state index in [2.05, 4.69) is 15.9 Å². The molecule has 1 unspecified atom stereocenters. The molecule has 0 bridgehead atoms. The van der Waals surface area contributed by atoms with Crippen LogP contribution in [0.5, 0.6) is 5.75 Å². The maximum Gasteiger partial charge on any atom is 0.301 e. The van der Waals surface area contributed by atoms with E-state index in [1.54, 1.807) is 6.07 Å². The van der Waals surface area contributed by atoms with E-state index in [-0.39, 0.29) is 24.3 Å². The van der Waals surface area contributed by atoms with Crippen LogP contribution in [-0.4, -0.2) is 36.4 Å². The van der Waals surface area contributed by atoms with E-state index in [1.807, 2.05) is 6.07 Å². The minimum Gasteiger partial charge on any atom is -0.483 e. The van der Waals surface area contributed by atoms with Crippen molar-refractivity contribution >= 4 is 22.3 Å². The number of alkyl halides is 2. The molecule has 1 amide bonds. The van der Waals surface area contributed by atoms with Gasteiger partial charge in [-0.25, -0.2) is 8.78 Å². The fourth-order valence-corrected chi connectivity index (χ4v) is 2.39. The number of piperidine rings is 1. The molecule has 0 spiro atoms. The number of benzene rings is 1. The number of hydrogen-bond acceptors (Lipinski definition) is 3. The first-order chi connectivity index (χ1) is 9.46. The molecule has 1 atom stereocenters. The molecule has 1 aromatic carbocycles. The lowest BCUT2D eigenvalue weighted by atomic mass is 10.0. The zero-order valence-electron chi connectivity index (χ0n) is 10.4. The van der Waals surface area contributed by atoms with E-state index < -0.39 is 18.6 Å². The van der Waals surface area contributed by atoms with E-state index in [1.165, 1.54) is 12.1 Å². The number of amides is 1. The fourth-order valence-electron chi connectivity index (χ4n) is 2.03. The Labute approximate surface area is 123 Å². The largest absolute Gasteiger partial charge is 0.483 e. The first-order valence-electron chi connectivity index (χ1n) is 5.90. The first-order valence-corrected chi connectivity index (χ1v) is 6.69. The Bertz CT molecular complexity index is 560. The molecule has 0 aliphatic carbocycles. The van der Waals surface area contributed by atoms with Gasteiger partial charge in [-0.1, -0.05) is 15.9 Å². The minimum absolute atomic E-state index is 0.0205. The number of nitrogens with zero attached hydrogens (tertiary/aromatic N) is 2. The topological polar surface area (TPSA) is 53.3 Å². The Hall–Kier alpha value is -1.68. The molecule has 0 radical (unpaired) electrons. The monoisotopic (exact) mass is 344 g/mol. The van der Waals surface area contributed by atoms with Crippen LogP contribution in [0, 0.1) is 11.3 Å². The highest BCUT2D eigenvalue weighted by atomic mass is 79.9. The standard InChI is InChI=1S/C13H11BrF2N2O2/c14-10-1-2-11(9(5-10)6-17)20-12-3-4-18(8-19)7-13(12,15)16/h1-2,5,8,12H,3-4,7H2. The van der Waals surface area contributed by atoms with Crippen molar-refractivity contribution in [1.29, 1.82) is 5.26 Å². The van der Waals surface area contributed by atoms with Gasteiger partial charge < -0.3 is 9.64 Å². The van der Waals surface area contributed by atoms with Gasteiger partial charge in [0.25, 0.3) is 0 Å². The lowest BCUT2D eigenvalue weighted by Crippen LogP contribution is -2.53. The maximum atomic E-state index is 13.9. The van der Waals surface area contributed by atoms with E-state index in [0.717, 1.165) is 4.90 Å². The molecular weight excluding hydrogens is 334 g/mol. The number of rotatable bonds is 3. The van der Waals surface area contributed by atoms with Crippen LogP contribution in [0.2, 0.25) is 0 Å². The third kappa shape index (κ3) is 3.07. The molecular formula is C13H11BrF2N2O2. The summed E-state index contributed by atoms with van der Waals surface area (Å²) in [6.07, 6.45) is -0.913. The van der Waals surface area contributed by atoms with Gasteiger partial charge in [0.2, 0.25) is 6.41 Å². The molecule has 20 heavy (non-hydrogen) atoms. The zero-order chi connectivity index (χ0) is 14.8. The van der Waals surface area contributed by atoms with Crippen molar-refractivity contribution in [1.82, 2.24) is 4.90 Å². The number of carbonyl (C=O) groups is 1. The molecule has 4 nitrogen and oxygen atoms in total. The summed E-state index contributed by atoms with van der Waals surface area (Å²) in [4.78, 5) is 11.6. The predicted molar refractivity (Wildman–Crippen MR) is 70.5 cm³/mol. The molecule has 1 fully saturated rings. The molecule has 0 aromatic heterocycles. The van der Waals surface area contributed by atoms with Crippen LogP contribution in [-0.2, 0) is 4.79 Å². The summed E-state index contributed by atoms with van der Waals surface area (Å²) in [5, 5.41) is 8.99. The van der Waals surface area contributed by atoms with Gasteiger partial charge in [-0.2, -0.15) is 5.26 Å². The minimum atomic E-state index is -3.14. The fraction of sp³-hybridized carbons (Fsp3) is 0.385. The summed E-state index contributed by atoms with van der Waals surface area (Å²) in [6.45, 7) is -0.457. The van der Waals surface area contributed by atoms with E-state index in [4.69, 9.17) is 10.00 Å². The van der Waals surface area contributed by atoms with Crippen LogP contribution in [0.3, 0.4) is 0 Å². The molecule has 1 aliphatic rings. The Morgan fingerprint density at radius 2 is 2.30 bits per heavy atom. The number of ether oxygens (including phenoxy) is 1. The number of halogens is 3. The predicted octanol–water partition coefficient (Wildman–Crippen LogP) is 2.57. The third-order valence-corrected chi connectivity index (χ3v) is 3.54.